The third kappa shape index (κ3) is 1.36. The van der Waals surface area contributed by atoms with Gasteiger partial charge in [0.05, 0.1) is 0 Å². The van der Waals surface area contributed by atoms with Gasteiger partial charge in [-0.2, -0.15) is 0 Å². The van der Waals surface area contributed by atoms with E-state index in [1.807, 2.05) is 6.92 Å². The van der Waals surface area contributed by atoms with Crippen LogP contribution in [0.15, 0.2) is 0 Å². The minimum atomic E-state index is 0.163. The van der Waals surface area contributed by atoms with E-state index >= 15 is 0 Å². The van der Waals surface area contributed by atoms with Crippen LogP contribution in [0.2, 0.25) is 0 Å². The first-order chi connectivity index (χ1) is 6.18. The number of aromatic nitrogens is 3. The summed E-state index contributed by atoms with van der Waals surface area (Å²) < 4.78 is 2.10. The molecule has 0 bridgehead atoms. The maximum atomic E-state index is 11.2. The van der Waals surface area contributed by atoms with E-state index in [0.717, 1.165) is 31.0 Å². The second-order valence-corrected chi connectivity index (χ2v) is 3.62. The van der Waals surface area contributed by atoms with Gasteiger partial charge in [0.1, 0.15) is 17.4 Å². The molecule has 0 saturated carbocycles. The fourth-order valence-corrected chi connectivity index (χ4v) is 1.82. The molecule has 1 aromatic heterocycles. The van der Waals surface area contributed by atoms with E-state index < -0.39 is 0 Å². The summed E-state index contributed by atoms with van der Waals surface area (Å²) in [6.07, 6.45) is 1.69. The van der Waals surface area contributed by atoms with E-state index in [9.17, 15) is 4.79 Å². The lowest BCUT2D eigenvalue weighted by Crippen LogP contribution is -2.24. The highest BCUT2D eigenvalue weighted by Crippen LogP contribution is 2.20. The average molecular weight is 179 g/mol. The predicted molar refractivity (Wildman–Crippen MR) is 47.3 cm³/mol. The minimum absolute atomic E-state index is 0.163. The van der Waals surface area contributed by atoms with Crippen LogP contribution >= 0.6 is 0 Å². The second-order valence-electron chi connectivity index (χ2n) is 3.62. The molecular formula is C9H13N3O. The molecule has 0 fully saturated rings. The highest BCUT2D eigenvalue weighted by molar-refractivity contribution is 5.78. The Bertz CT molecular complexity index is 343. The van der Waals surface area contributed by atoms with Crippen LogP contribution in [0.5, 0.6) is 0 Å². The van der Waals surface area contributed by atoms with Crippen LogP contribution in [0.4, 0.5) is 0 Å². The van der Waals surface area contributed by atoms with Crippen LogP contribution in [0.3, 0.4) is 0 Å². The first-order valence-corrected chi connectivity index (χ1v) is 4.57. The zero-order valence-electron chi connectivity index (χ0n) is 7.95. The third-order valence-corrected chi connectivity index (χ3v) is 2.72. The zero-order valence-corrected chi connectivity index (χ0v) is 7.95. The smallest absolute Gasteiger partial charge is 0.133 e. The summed E-state index contributed by atoms with van der Waals surface area (Å²) in [6, 6.07) is 0. The molecule has 1 aromatic rings. The van der Waals surface area contributed by atoms with E-state index in [1.165, 1.54) is 0 Å². The van der Waals surface area contributed by atoms with Crippen molar-refractivity contribution >= 4 is 5.78 Å². The normalized spacial score (nSPS) is 21.2. The summed E-state index contributed by atoms with van der Waals surface area (Å²) in [5.74, 6) is 2.35. The highest BCUT2D eigenvalue weighted by atomic mass is 16.1. The van der Waals surface area contributed by atoms with Gasteiger partial charge in [0, 0.05) is 18.9 Å². The lowest BCUT2D eigenvalue weighted by atomic mass is 9.94. The third-order valence-electron chi connectivity index (χ3n) is 2.72. The van der Waals surface area contributed by atoms with Crippen molar-refractivity contribution < 1.29 is 4.79 Å². The summed E-state index contributed by atoms with van der Waals surface area (Å²) in [7, 11) is 0. The molecule has 0 N–H and O–H groups in total. The van der Waals surface area contributed by atoms with E-state index in [2.05, 4.69) is 14.8 Å². The van der Waals surface area contributed by atoms with Gasteiger partial charge in [-0.25, -0.2) is 0 Å². The highest BCUT2D eigenvalue weighted by Gasteiger charge is 2.24. The Labute approximate surface area is 77.0 Å². The summed E-state index contributed by atoms with van der Waals surface area (Å²) in [4.78, 5) is 11.2. The summed E-state index contributed by atoms with van der Waals surface area (Å²) >= 11 is 0. The predicted octanol–water partition coefficient (Wildman–Crippen LogP) is 0.738. The molecule has 0 aliphatic carbocycles. The fourth-order valence-electron chi connectivity index (χ4n) is 1.82. The van der Waals surface area contributed by atoms with Crippen molar-refractivity contribution in [3.63, 3.8) is 0 Å². The monoisotopic (exact) mass is 179 g/mol. The van der Waals surface area contributed by atoms with Crippen LogP contribution in [0.1, 0.15) is 25.0 Å². The number of carbonyl (C=O) groups excluding carboxylic acids is 1. The summed E-state index contributed by atoms with van der Waals surface area (Å²) in [6.45, 7) is 4.49. The zero-order chi connectivity index (χ0) is 9.42. The van der Waals surface area contributed by atoms with Crippen LogP contribution in [0, 0.1) is 12.8 Å². The van der Waals surface area contributed by atoms with Gasteiger partial charge in [0.2, 0.25) is 0 Å². The Morgan fingerprint density at radius 1 is 1.54 bits per heavy atom. The Kier molecular flexibility index (Phi) is 1.90. The van der Waals surface area contributed by atoms with Crippen molar-refractivity contribution in [2.24, 2.45) is 5.92 Å². The van der Waals surface area contributed by atoms with Crippen molar-refractivity contribution in [1.29, 1.82) is 0 Å². The maximum absolute atomic E-state index is 11.2. The lowest BCUT2D eigenvalue weighted by molar-refractivity contribution is -0.121. The number of hydrogen-bond donors (Lipinski definition) is 0. The van der Waals surface area contributed by atoms with E-state index in [0.29, 0.717) is 0 Å². The number of fused-ring (bicyclic) bond motifs is 1. The van der Waals surface area contributed by atoms with Gasteiger partial charge in [-0.05, 0) is 20.3 Å². The van der Waals surface area contributed by atoms with E-state index in [1.54, 1.807) is 6.92 Å². The number of nitrogens with zero attached hydrogens (tertiary/aromatic N) is 3. The largest absolute Gasteiger partial charge is 0.315 e. The molecule has 1 atom stereocenters. The van der Waals surface area contributed by atoms with Crippen molar-refractivity contribution in [1.82, 2.24) is 14.8 Å². The van der Waals surface area contributed by atoms with Gasteiger partial charge >= 0.3 is 0 Å². The fraction of sp³-hybridized carbons (Fsp3) is 0.667. The molecule has 0 aromatic carbocycles. The molecule has 4 nitrogen and oxygen atoms in total. The van der Waals surface area contributed by atoms with Gasteiger partial charge in [-0.15, -0.1) is 10.2 Å². The van der Waals surface area contributed by atoms with E-state index in [-0.39, 0.29) is 11.7 Å². The van der Waals surface area contributed by atoms with Gasteiger partial charge in [0.15, 0.2) is 0 Å². The minimum Gasteiger partial charge on any atom is -0.315 e. The van der Waals surface area contributed by atoms with Crippen molar-refractivity contribution in [2.45, 2.75) is 33.2 Å². The second kappa shape index (κ2) is 2.94. The molecule has 1 aliphatic heterocycles. The Hall–Kier alpha value is -1.19. The maximum Gasteiger partial charge on any atom is 0.133 e. The molecule has 0 saturated heterocycles. The van der Waals surface area contributed by atoms with E-state index in [4.69, 9.17) is 0 Å². The Morgan fingerprint density at radius 2 is 2.31 bits per heavy atom. The molecule has 4 heteroatoms. The number of aryl methyl sites for hydroxylation is 1. The number of carbonyl (C=O) groups is 1. The lowest BCUT2D eigenvalue weighted by Gasteiger charge is -2.20. The van der Waals surface area contributed by atoms with Crippen LogP contribution in [0.25, 0.3) is 0 Å². The van der Waals surface area contributed by atoms with Crippen molar-refractivity contribution in [3.05, 3.63) is 11.6 Å². The standard InChI is InChI=1S/C9H13N3O/c1-6(13)8-3-4-12-7(2)10-11-9(12)5-8/h8H,3-5H2,1-2H3. The summed E-state index contributed by atoms with van der Waals surface area (Å²) in [5, 5.41) is 8.04. The molecule has 1 aliphatic rings. The van der Waals surface area contributed by atoms with Crippen molar-refractivity contribution in [2.75, 3.05) is 0 Å². The van der Waals surface area contributed by atoms with Gasteiger partial charge in [-0.1, -0.05) is 0 Å². The van der Waals surface area contributed by atoms with Crippen molar-refractivity contribution in [3.8, 4) is 0 Å². The average Bonchev–Trinajstić information content (AvgIpc) is 2.47. The van der Waals surface area contributed by atoms with Gasteiger partial charge in [-0.3, -0.25) is 4.79 Å². The summed E-state index contributed by atoms with van der Waals surface area (Å²) in [5.41, 5.74) is 0. The number of Topliss-reactive ketones (excluding diaryl/α,β-unsaturated/α-hetero) is 1. The van der Waals surface area contributed by atoms with Crippen LogP contribution < -0.4 is 0 Å². The molecule has 70 valence electrons. The molecule has 2 rings (SSSR count). The topological polar surface area (TPSA) is 47.8 Å². The first kappa shape index (κ1) is 8.41. The first-order valence-electron chi connectivity index (χ1n) is 4.57. The van der Waals surface area contributed by atoms with Gasteiger partial charge < -0.3 is 4.57 Å². The molecule has 2 heterocycles. The Balaban J connectivity index is 2.25. The number of ketones is 1. The number of rotatable bonds is 1. The van der Waals surface area contributed by atoms with Gasteiger partial charge in [0.25, 0.3) is 0 Å². The molecular weight excluding hydrogens is 166 g/mol. The molecule has 1 unspecified atom stereocenters. The SMILES string of the molecule is CC(=O)C1CCn2c(C)nnc2C1. The number of hydrogen-bond acceptors (Lipinski definition) is 3. The van der Waals surface area contributed by atoms with Crippen LogP contribution in [-0.4, -0.2) is 20.5 Å². The molecule has 0 radical (unpaired) electrons. The van der Waals surface area contributed by atoms with Crippen LogP contribution in [-0.2, 0) is 17.8 Å². The Morgan fingerprint density at radius 3 is 3.00 bits per heavy atom. The molecule has 0 spiro atoms. The molecule has 13 heavy (non-hydrogen) atoms. The quantitative estimate of drug-likeness (QED) is 0.638. The molecule has 0 amide bonds.